The molecule has 4 heteroatoms. The van der Waals surface area contributed by atoms with Gasteiger partial charge in [-0.25, -0.2) is 4.79 Å². The van der Waals surface area contributed by atoms with E-state index < -0.39 is 5.97 Å². The molecule has 0 bridgehead atoms. The second-order valence-corrected chi connectivity index (χ2v) is 10.0. The summed E-state index contributed by atoms with van der Waals surface area (Å²) < 4.78 is 12.2. The number of carboxylic acids is 1. The van der Waals surface area contributed by atoms with E-state index in [0.29, 0.717) is 5.75 Å². The van der Waals surface area contributed by atoms with E-state index >= 15 is 0 Å². The van der Waals surface area contributed by atoms with Gasteiger partial charge in [-0.1, -0.05) is 71.1 Å². The van der Waals surface area contributed by atoms with Crippen molar-refractivity contribution in [2.24, 2.45) is 0 Å². The van der Waals surface area contributed by atoms with E-state index in [4.69, 9.17) is 14.6 Å². The molecular formula is C28H46O4. The van der Waals surface area contributed by atoms with E-state index in [1.165, 1.54) is 76.2 Å². The van der Waals surface area contributed by atoms with Gasteiger partial charge >= 0.3 is 5.97 Å². The number of rotatable bonds is 15. The molecule has 1 aromatic rings. The Labute approximate surface area is 196 Å². The van der Waals surface area contributed by atoms with Gasteiger partial charge in [-0.15, -0.1) is 0 Å². The van der Waals surface area contributed by atoms with Crippen molar-refractivity contribution in [1.82, 2.24) is 0 Å². The van der Waals surface area contributed by atoms with Crippen molar-refractivity contribution < 1.29 is 19.4 Å². The molecule has 0 saturated carbocycles. The van der Waals surface area contributed by atoms with Crippen LogP contribution in [-0.2, 0) is 11.2 Å². The normalized spacial score (nSPS) is 17.7. The average molecular weight is 447 g/mol. The number of hydrogen-bond acceptors (Lipinski definition) is 3. The van der Waals surface area contributed by atoms with Gasteiger partial charge in [0.1, 0.15) is 17.1 Å². The minimum Gasteiger partial charge on any atom is -0.487 e. The summed E-state index contributed by atoms with van der Waals surface area (Å²) in [4.78, 5) is 11.0. The molecule has 1 heterocycles. The Morgan fingerprint density at radius 2 is 1.47 bits per heavy atom. The highest BCUT2D eigenvalue weighted by atomic mass is 16.5. The Bertz CT molecular complexity index is 740. The van der Waals surface area contributed by atoms with E-state index in [-0.39, 0.29) is 12.2 Å². The Balaban J connectivity index is 1.80. The van der Waals surface area contributed by atoms with Crippen LogP contribution in [0.15, 0.2) is 0 Å². The van der Waals surface area contributed by atoms with Crippen LogP contribution in [0.25, 0.3) is 0 Å². The maximum absolute atomic E-state index is 11.0. The summed E-state index contributed by atoms with van der Waals surface area (Å²) in [5.41, 5.74) is 4.17. The van der Waals surface area contributed by atoms with Crippen LogP contribution in [0.1, 0.15) is 120 Å². The molecule has 1 unspecified atom stereocenters. The molecule has 182 valence electrons. The quantitative estimate of drug-likeness (QED) is 0.279. The van der Waals surface area contributed by atoms with Gasteiger partial charge < -0.3 is 14.6 Å². The van der Waals surface area contributed by atoms with Crippen LogP contribution in [0.5, 0.6) is 11.5 Å². The smallest absolute Gasteiger partial charge is 0.341 e. The summed E-state index contributed by atoms with van der Waals surface area (Å²) in [5.74, 6) is 0.760. The third kappa shape index (κ3) is 7.71. The fraction of sp³-hybridized carbons (Fsp3) is 0.750. The molecule has 1 N–H and O–H groups in total. The first-order valence-electron chi connectivity index (χ1n) is 13.0. The SMILES string of the molecule is CCCCCCCCCCCCCC1(C)CCc2c(C)c(OCC(=O)O)c(C)c(C)c2O1. The van der Waals surface area contributed by atoms with Gasteiger partial charge in [-0.2, -0.15) is 0 Å². The van der Waals surface area contributed by atoms with Gasteiger partial charge in [-0.05, 0) is 70.1 Å². The highest BCUT2D eigenvalue weighted by molar-refractivity contribution is 5.69. The standard InChI is InChI=1S/C28H46O4/c1-6-7-8-9-10-11-12-13-14-15-16-18-28(5)19-17-24-23(4)26(31-20-25(29)30)21(2)22(3)27(24)32-28/h6-20H2,1-5H3,(H,29,30). The summed E-state index contributed by atoms with van der Waals surface area (Å²) in [6.45, 7) is 10.3. The number of carbonyl (C=O) groups is 1. The molecule has 1 aliphatic rings. The molecule has 0 aliphatic carbocycles. The van der Waals surface area contributed by atoms with Crippen LogP contribution in [0.2, 0.25) is 0 Å². The zero-order chi connectivity index (χ0) is 23.6. The Hall–Kier alpha value is -1.71. The first-order valence-corrected chi connectivity index (χ1v) is 13.0. The van der Waals surface area contributed by atoms with Gasteiger partial charge in [0.15, 0.2) is 6.61 Å². The van der Waals surface area contributed by atoms with Crippen molar-refractivity contribution in [3.8, 4) is 11.5 Å². The largest absolute Gasteiger partial charge is 0.487 e. The summed E-state index contributed by atoms with van der Waals surface area (Å²) >= 11 is 0. The maximum atomic E-state index is 11.0. The van der Waals surface area contributed by atoms with E-state index in [0.717, 1.165) is 41.7 Å². The molecule has 1 aliphatic heterocycles. The Kier molecular flexibility index (Phi) is 10.9. The minimum atomic E-state index is -0.949. The lowest BCUT2D eigenvalue weighted by Gasteiger charge is -2.38. The first-order chi connectivity index (χ1) is 15.3. The third-order valence-electron chi connectivity index (χ3n) is 7.21. The lowest BCUT2D eigenvalue weighted by molar-refractivity contribution is -0.139. The fourth-order valence-corrected chi connectivity index (χ4v) is 4.97. The van der Waals surface area contributed by atoms with Crippen molar-refractivity contribution >= 4 is 5.97 Å². The van der Waals surface area contributed by atoms with Crippen molar-refractivity contribution in [3.05, 3.63) is 22.3 Å². The second kappa shape index (κ2) is 13.1. The first kappa shape index (κ1) is 26.5. The monoisotopic (exact) mass is 446 g/mol. The van der Waals surface area contributed by atoms with Crippen molar-refractivity contribution in [1.29, 1.82) is 0 Å². The molecule has 0 spiro atoms. The summed E-state index contributed by atoms with van der Waals surface area (Å²) in [7, 11) is 0. The molecule has 0 fully saturated rings. The van der Waals surface area contributed by atoms with Gasteiger partial charge in [-0.3, -0.25) is 0 Å². The molecule has 1 atom stereocenters. The van der Waals surface area contributed by atoms with Gasteiger partial charge in [0, 0.05) is 5.56 Å². The topological polar surface area (TPSA) is 55.8 Å². The van der Waals surface area contributed by atoms with Crippen LogP contribution in [0, 0.1) is 20.8 Å². The zero-order valence-corrected chi connectivity index (χ0v) is 21.3. The molecule has 1 aromatic carbocycles. The number of aliphatic carboxylic acids is 1. The number of hydrogen-bond donors (Lipinski definition) is 1. The van der Waals surface area contributed by atoms with Crippen LogP contribution in [-0.4, -0.2) is 23.3 Å². The Morgan fingerprint density at radius 1 is 0.906 bits per heavy atom. The number of benzene rings is 1. The van der Waals surface area contributed by atoms with Gasteiger partial charge in [0.2, 0.25) is 0 Å². The molecule has 0 aromatic heterocycles. The fourth-order valence-electron chi connectivity index (χ4n) is 4.97. The number of ether oxygens (including phenoxy) is 2. The lowest BCUT2D eigenvalue weighted by atomic mass is 9.84. The van der Waals surface area contributed by atoms with Crippen LogP contribution in [0.4, 0.5) is 0 Å². The van der Waals surface area contributed by atoms with Crippen molar-refractivity contribution in [2.45, 2.75) is 130 Å². The number of unbranched alkanes of at least 4 members (excludes halogenated alkanes) is 10. The molecule has 0 radical (unpaired) electrons. The van der Waals surface area contributed by atoms with Gasteiger partial charge in [0.05, 0.1) is 0 Å². The lowest BCUT2D eigenvalue weighted by Crippen LogP contribution is -2.37. The number of fused-ring (bicyclic) bond motifs is 1. The highest BCUT2D eigenvalue weighted by Gasteiger charge is 2.34. The molecule has 0 amide bonds. The van der Waals surface area contributed by atoms with E-state index in [1.54, 1.807) is 0 Å². The average Bonchev–Trinajstić information content (AvgIpc) is 2.75. The van der Waals surface area contributed by atoms with Crippen LogP contribution < -0.4 is 9.47 Å². The Morgan fingerprint density at radius 3 is 2.03 bits per heavy atom. The van der Waals surface area contributed by atoms with Crippen LogP contribution >= 0.6 is 0 Å². The highest BCUT2D eigenvalue weighted by Crippen LogP contribution is 2.44. The molecule has 0 saturated heterocycles. The summed E-state index contributed by atoms with van der Waals surface area (Å²) in [6, 6.07) is 0. The predicted molar refractivity (Wildman–Crippen MR) is 132 cm³/mol. The predicted octanol–water partition coefficient (Wildman–Crippen LogP) is 7.86. The molecular weight excluding hydrogens is 400 g/mol. The third-order valence-corrected chi connectivity index (χ3v) is 7.21. The molecule has 4 nitrogen and oxygen atoms in total. The maximum Gasteiger partial charge on any atom is 0.341 e. The summed E-state index contributed by atoms with van der Waals surface area (Å²) in [6.07, 6.45) is 18.0. The van der Waals surface area contributed by atoms with Crippen molar-refractivity contribution in [3.63, 3.8) is 0 Å². The van der Waals surface area contributed by atoms with Gasteiger partial charge in [0.25, 0.3) is 0 Å². The minimum absolute atomic E-state index is 0.112. The van der Waals surface area contributed by atoms with Crippen LogP contribution in [0.3, 0.4) is 0 Å². The summed E-state index contributed by atoms with van der Waals surface area (Å²) in [5, 5.41) is 8.99. The van der Waals surface area contributed by atoms with E-state index in [1.807, 2.05) is 13.8 Å². The van der Waals surface area contributed by atoms with E-state index in [9.17, 15) is 4.79 Å². The molecule has 32 heavy (non-hydrogen) atoms. The second-order valence-electron chi connectivity index (χ2n) is 10.0. The van der Waals surface area contributed by atoms with E-state index in [2.05, 4.69) is 20.8 Å². The zero-order valence-electron chi connectivity index (χ0n) is 21.3. The number of carboxylic acid groups (broad SMARTS) is 1. The van der Waals surface area contributed by atoms with Crippen molar-refractivity contribution in [2.75, 3.05) is 6.61 Å². The molecule has 2 rings (SSSR count).